The molecular formula is C21H24N2O. The van der Waals surface area contributed by atoms with Crippen molar-refractivity contribution in [2.24, 2.45) is 0 Å². The molecule has 0 saturated carbocycles. The summed E-state index contributed by atoms with van der Waals surface area (Å²) in [5, 5.41) is 11.8. The normalized spacial score (nSPS) is 16.2. The highest BCUT2D eigenvalue weighted by Gasteiger charge is 2.18. The summed E-state index contributed by atoms with van der Waals surface area (Å²) in [5.41, 5.74) is 5.32. The first-order chi connectivity index (χ1) is 11.7. The molecular weight excluding hydrogens is 296 g/mol. The summed E-state index contributed by atoms with van der Waals surface area (Å²) in [6.07, 6.45) is 2.81. The molecule has 3 heteroatoms. The van der Waals surface area contributed by atoms with Crippen LogP contribution in [0.1, 0.15) is 16.7 Å². The fourth-order valence-electron chi connectivity index (χ4n) is 3.77. The second-order valence-electron chi connectivity index (χ2n) is 6.94. The molecule has 1 atom stereocenters. The monoisotopic (exact) mass is 320 g/mol. The Morgan fingerprint density at radius 2 is 1.88 bits per heavy atom. The van der Waals surface area contributed by atoms with Crippen molar-refractivity contribution in [2.45, 2.75) is 32.5 Å². The lowest BCUT2D eigenvalue weighted by Crippen LogP contribution is -2.38. The van der Waals surface area contributed by atoms with E-state index >= 15 is 0 Å². The quantitative estimate of drug-likeness (QED) is 0.798. The maximum atomic E-state index is 10.6. The van der Waals surface area contributed by atoms with Gasteiger partial charge in [-0.1, -0.05) is 35.9 Å². The summed E-state index contributed by atoms with van der Waals surface area (Å²) >= 11 is 0. The summed E-state index contributed by atoms with van der Waals surface area (Å²) in [5.74, 6) is 0. The van der Waals surface area contributed by atoms with Gasteiger partial charge in [0.2, 0.25) is 0 Å². The van der Waals surface area contributed by atoms with Gasteiger partial charge in [-0.25, -0.2) is 0 Å². The lowest BCUT2D eigenvalue weighted by atomic mass is 10.00. The van der Waals surface area contributed by atoms with Crippen LogP contribution >= 0.6 is 0 Å². The van der Waals surface area contributed by atoms with Crippen LogP contribution in [0.25, 0.3) is 10.9 Å². The van der Waals surface area contributed by atoms with Gasteiger partial charge in [-0.15, -0.1) is 0 Å². The van der Waals surface area contributed by atoms with E-state index in [-0.39, 0.29) is 6.10 Å². The van der Waals surface area contributed by atoms with Crippen molar-refractivity contribution >= 4 is 10.9 Å². The van der Waals surface area contributed by atoms with Gasteiger partial charge in [0.25, 0.3) is 0 Å². The maximum absolute atomic E-state index is 10.6. The first-order valence-corrected chi connectivity index (χ1v) is 8.72. The smallest absolute Gasteiger partial charge is 0.0845 e. The molecule has 3 aromatic rings. The van der Waals surface area contributed by atoms with E-state index in [1.54, 1.807) is 0 Å². The third-order valence-electron chi connectivity index (χ3n) is 5.01. The van der Waals surface area contributed by atoms with Crippen molar-refractivity contribution in [3.63, 3.8) is 0 Å². The minimum atomic E-state index is -0.354. The van der Waals surface area contributed by atoms with E-state index in [9.17, 15) is 5.11 Å². The van der Waals surface area contributed by atoms with E-state index in [4.69, 9.17) is 0 Å². The van der Waals surface area contributed by atoms with Crippen molar-refractivity contribution in [3.8, 4) is 0 Å². The topological polar surface area (TPSA) is 28.4 Å². The number of β-amino-alcohol motifs (C(OH)–C–C–N with tert-alkyl or cyclic N) is 1. The van der Waals surface area contributed by atoms with E-state index in [1.807, 2.05) is 0 Å². The Bertz CT molecular complexity index is 852. The molecule has 2 heterocycles. The van der Waals surface area contributed by atoms with Crippen molar-refractivity contribution in [1.82, 2.24) is 9.47 Å². The third-order valence-corrected chi connectivity index (χ3v) is 5.01. The number of hydrogen-bond acceptors (Lipinski definition) is 2. The zero-order valence-electron chi connectivity index (χ0n) is 14.2. The Balaban J connectivity index is 1.42. The molecule has 124 valence electrons. The first kappa shape index (κ1) is 15.4. The largest absolute Gasteiger partial charge is 0.390 e. The minimum Gasteiger partial charge on any atom is -0.390 e. The summed E-state index contributed by atoms with van der Waals surface area (Å²) < 4.78 is 2.16. The highest BCUT2D eigenvalue weighted by molar-refractivity contribution is 5.80. The lowest BCUT2D eigenvalue weighted by Gasteiger charge is -2.30. The molecule has 0 fully saturated rings. The van der Waals surface area contributed by atoms with E-state index in [0.717, 1.165) is 26.1 Å². The number of rotatable bonds is 4. The fourth-order valence-corrected chi connectivity index (χ4v) is 3.77. The van der Waals surface area contributed by atoms with Crippen molar-refractivity contribution < 1.29 is 5.11 Å². The molecule has 2 aromatic carbocycles. The standard InChI is InChI=1S/C21H24N2O/c1-16-6-7-21-18(12-16)9-11-23(21)15-20(24)14-22-10-8-17-4-2-3-5-19(17)13-22/h2-7,9,11-12,20,24H,8,10,13-15H2,1H3/t20-/m1/s1. The number of aromatic nitrogens is 1. The van der Waals surface area contributed by atoms with Gasteiger partial charge in [-0.3, -0.25) is 4.90 Å². The van der Waals surface area contributed by atoms with Gasteiger partial charge in [0.05, 0.1) is 6.10 Å². The van der Waals surface area contributed by atoms with Gasteiger partial charge in [0.15, 0.2) is 0 Å². The molecule has 0 unspecified atom stereocenters. The molecule has 1 N–H and O–H groups in total. The molecule has 1 aromatic heterocycles. The van der Waals surface area contributed by atoms with Crippen LogP contribution in [-0.2, 0) is 19.5 Å². The third kappa shape index (κ3) is 3.10. The average Bonchev–Trinajstić information content (AvgIpc) is 2.96. The van der Waals surface area contributed by atoms with Crippen LogP contribution in [0.4, 0.5) is 0 Å². The zero-order valence-corrected chi connectivity index (χ0v) is 14.2. The van der Waals surface area contributed by atoms with E-state index in [2.05, 4.69) is 71.1 Å². The van der Waals surface area contributed by atoms with Gasteiger partial charge in [-0.2, -0.15) is 0 Å². The minimum absolute atomic E-state index is 0.354. The summed E-state index contributed by atoms with van der Waals surface area (Å²) in [7, 11) is 0. The molecule has 4 rings (SSSR count). The lowest BCUT2D eigenvalue weighted by molar-refractivity contribution is 0.0928. The van der Waals surface area contributed by atoms with Crippen LogP contribution in [0.15, 0.2) is 54.7 Å². The number of fused-ring (bicyclic) bond motifs is 2. The molecule has 0 amide bonds. The number of hydrogen-bond donors (Lipinski definition) is 1. The number of aryl methyl sites for hydroxylation is 1. The summed E-state index contributed by atoms with van der Waals surface area (Å²) in [6.45, 7) is 5.45. The molecule has 1 aliphatic rings. The van der Waals surface area contributed by atoms with E-state index in [0.29, 0.717) is 6.54 Å². The van der Waals surface area contributed by atoms with E-state index in [1.165, 1.54) is 27.6 Å². The Hall–Kier alpha value is -2.10. The van der Waals surface area contributed by atoms with Crippen LogP contribution in [0.2, 0.25) is 0 Å². The van der Waals surface area contributed by atoms with Gasteiger partial charge < -0.3 is 9.67 Å². The Morgan fingerprint density at radius 1 is 1.04 bits per heavy atom. The Labute approximate surface area is 143 Å². The molecule has 3 nitrogen and oxygen atoms in total. The van der Waals surface area contributed by atoms with Crippen molar-refractivity contribution in [3.05, 3.63) is 71.4 Å². The van der Waals surface area contributed by atoms with Gasteiger partial charge in [0.1, 0.15) is 0 Å². The molecule has 0 radical (unpaired) electrons. The van der Waals surface area contributed by atoms with Crippen molar-refractivity contribution in [2.75, 3.05) is 13.1 Å². The number of aliphatic hydroxyl groups is 1. The van der Waals surface area contributed by atoms with Crippen LogP contribution in [-0.4, -0.2) is 33.8 Å². The predicted molar refractivity (Wildman–Crippen MR) is 98.1 cm³/mol. The number of benzene rings is 2. The molecule has 24 heavy (non-hydrogen) atoms. The number of aliphatic hydroxyl groups excluding tert-OH is 1. The molecule has 1 aliphatic heterocycles. The van der Waals surface area contributed by atoms with E-state index < -0.39 is 0 Å². The summed E-state index contributed by atoms with van der Waals surface area (Å²) in [6, 6.07) is 17.2. The second-order valence-corrected chi connectivity index (χ2v) is 6.94. The fraction of sp³-hybridized carbons (Fsp3) is 0.333. The Morgan fingerprint density at radius 3 is 2.75 bits per heavy atom. The van der Waals surface area contributed by atoms with Gasteiger partial charge in [0, 0.05) is 37.9 Å². The average molecular weight is 320 g/mol. The SMILES string of the molecule is Cc1ccc2c(ccn2C[C@H](O)CN2CCc3ccccc3C2)c1. The maximum Gasteiger partial charge on any atom is 0.0845 e. The molecule has 0 saturated heterocycles. The van der Waals surface area contributed by atoms with Crippen LogP contribution in [0, 0.1) is 6.92 Å². The Kier molecular flexibility index (Phi) is 4.13. The van der Waals surface area contributed by atoms with Gasteiger partial charge >= 0.3 is 0 Å². The molecule has 0 spiro atoms. The second kappa shape index (κ2) is 6.42. The van der Waals surface area contributed by atoms with Crippen LogP contribution in [0.5, 0.6) is 0 Å². The highest BCUT2D eigenvalue weighted by Crippen LogP contribution is 2.20. The molecule has 0 aliphatic carbocycles. The zero-order chi connectivity index (χ0) is 16.5. The van der Waals surface area contributed by atoms with Crippen molar-refractivity contribution in [1.29, 1.82) is 0 Å². The first-order valence-electron chi connectivity index (χ1n) is 8.72. The molecule has 0 bridgehead atoms. The van der Waals surface area contributed by atoms with Crippen LogP contribution < -0.4 is 0 Å². The number of nitrogens with zero attached hydrogens (tertiary/aromatic N) is 2. The van der Waals surface area contributed by atoms with Crippen LogP contribution in [0.3, 0.4) is 0 Å². The summed E-state index contributed by atoms with van der Waals surface area (Å²) in [4.78, 5) is 2.36. The highest BCUT2D eigenvalue weighted by atomic mass is 16.3. The van der Waals surface area contributed by atoms with Gasteiger partial charge in [-0.05, 0) is 48.1 Å². The predicted octanol–water partition coefficient (Wildman–Crippen LogP) is 3.37.